The molecule has 0 saturated heterocycles. The third-order valence-corrected chi connectivity index (χ3v) is 3.60. The molecule has 0 bridgehead atoms. The van der Waals surface area contributed by atoms with E-state index in [0.717, 1.165) is 11.3 Å². The molecule has 0 aliphatic heterocycles. The first kappa shape index (κ1) is 15.2. The van der Waals surface area contributed by atoms with Crippen LogP contribution in [0.4, 0.5) is 4.39 Å². The molecular weight excluding hydrogens is 297 g/mol. The van der Waals surface area contributed by atoms with Gasteiger partial charge in [-0.1, -0.05) is 29.5 Å². The second kappa shape index (κ2) is 6.58. The number of benzene rings is 2. The maximum Gasteiger partial charge on any atom is 0.148 e. The fourth-order valence-corrected chi connectivity index (χ4v) is 2.39. The molecule has 0 radical (unpaired) electrons. The highest BCUT2D eigenvalue weighted by Gasteiger charge is 2.16. The molecule has 0 unspecified atom stereocenters. The van der Waals surface area contributed by atoms with Gasteiger partial charge in [-0.2, -0.15) is 0 Å². The number of nitrogens with zero attached hydrogens (tertiary/aromatic N) is 3. The minimum absolute atomic E-state index is 0.250. The highest BCUT2D eigenvalue weighted by atomic mass is 19.1. The van der Waals surface area contributed by atoms with E-state index in [0.29, 0.717) is 23.5 Å². The van der Waals surface area contributed by atoms with Crippen LogP contribution in [0.25, 0.3) is 5.69 Å². The van der Waals surface area contributed by atoms with Crippen LogP contribution in [0.3, 0.4) is 0 Å². The summed E-state index contributed by atoms with van der Waals surface area (Å²) in [5.41, 5.74) is 2.38. The lowest BCUT2D eigenvalue weighted by atomic mass is 10.1. The summed E-state index contributed by atoms with van der Waals surface area (Å²) in [5, 5.41) is 17.4. The predicted molar refractivity (Wildman–Crippen MR) is 83.0 cm³/mol. The van der Waals surface area contributed by atoms with Gasteiger partial charge in [0.15, 0.2) is 0 Å². The van der Waals surface area contributed by atoms with E-state index < -0.39 is 5.82 Å². The molecule has 0 fully saturated rings. The molecule has 1 aromatic heterocycles. The number of hydrogen-bond acceptors (Lipinski definition) is 4. The van der Waals surface area contributed by atoms with Crippen molar-refractivity contribution in [1.82, 2.24) is 15.0 Å². The number of rotatable bonds is 5. The lowest BCUT2D eigenvalue weighted by Crippen LogP contribution is -2.06. The molecule has 0 spiro atoms. The van der Waals surface area contributed by atoms with Gasteiger partial charge < -0.3 is 9.84 Å². The van der Waals surface area contributed by atoms with E-state index in [1.807, 2.05) is 24.3 Å². The van der Waals surface area contributed by atoms with Gasteiger partial charge in [0.1, 0.15) is 22.9 Å². The van der Waals surface area contributed by atoms with E-state index in [1.165, 1.54) is 10.7 Å². The van der Waals surface area contributed by atoms with Crippen molar-refractivity contribution in [1.29, 1.82) is 0 Å². The Morgan fingerprint density at radius 3 is 2.52 bits per heavy atom. The van der Waals surface area contributed by atoms with Gasteiger partial charge in [0.25, 0.3) is 0 Å². The number of aromatic nitrogens is 3. The number of hydrogen-bond donors (Lipinski definition) is 1. The van der Waals surface area contributed by atoms with Crippen LogP contribution in [0.5, 0.6) is 5.75 Å². The molecule has 1 N–H and O–H groups in total. The van der Waals surface area contributed by atoms with Gasteiger partial charge in [0.2, 0.25) is 0 Å². The van der Waals surface area contributed by atoms with E-state index >= 15 is 0 Å². The standard InChI is InChI=1S/C17H16FN3O2/c1-23-13-8-6-12(7-9-13)10-17-15(11-22)19-20-21(17)16-5-3-2-4-14(16)18/h2-9,22H,10-11H2,1H3. The first-order chi connectivity index (χ1) is 11.2. The second-order valence-electron chi connectivity index (χ2n) is 5.03. The first-order valence-electron chi connectivity index (χ1n) is 7.15. The zero-order chi connectivity index (χ0) is 16.2. The summed E-state index contributed by atoms with van der Waals surface area (Å²) >= 11 is 0. The molecule has 5 nitrogen and oxygen atoms in total. The van der Waals surface area contributed by atoms with E-state index in [1.54, 1.807) is 25.3 Å². The van der Waals surface area contributed by atoms with Crippen LogP contribution in [0.1, 0.15) is 17.0 Å². The zero-order valence-corrected chi connectivity index (χ0v) is 12.6. The summed E-state index contributed by atoms with van der Waals surface area (Å²) in [4.78, 5) is 0. The largest absolute Gasteiger partial charge is 0.497 e. The average Bonchev–Trinajstić information content (AvgIpc) is 2.98. The Labute approximate surface area is 133 Å². The van der Waals surface area contributed by atoms with Crippen LogP contribution in [0, 0.1) is 5.82 Å². The topological polar surface area (TPSA) is 60.2 Å². The molecule has 6 heteroatoms. The van der Waals surface area contributed by atoms with Crippen LogP contribution >= 0.6 is 0 Å². The van der Waals surface area contributed by atoms with E-state index in [2.05, 4.69) is 10.3 Å². The Kier molecular flexibility index (Phi) is 4.34. The third kappa shape index (κ3) is 3.07. The maximum atomic E-state index is 14.0. The Morgan fingerprint density at radius 1 is 1.13 bits per heavy atom. The van der Waals surface area contributed by atoms with Crippen molar-refractivity contribution < 1.29 is 14.2 Å². The number of aliphatic hydroxyl groups is 1. The highest BCUT2D eigenvalue weighted by Crippen LogP contribution is 2.20. The average molecular weight is 313 g/mol. The maximum absolute atomic E-state index is 14.0. The van der Waals surface area contributed by atoms with E-state index in [-0.39, 0.29) is 6.61 Å². The molecule has 0 aliphatic rings. The summed E-state index contributed by atoms with van der Waals surface area (Å²) in [5.74, 6) is 0.370. The molecule has 3 rings (SSSR count). The predicted octanol–water partition coefficient (Wildman–Crippen LogP) is 2.50. The fraction of sp³-hybridized carbons (Fsp3) is 0.176. The SMILES string of the molecule is COc1ccc(Cc2c(CO)nnn2-c2ccccc2F)cc1. The van der Waals surface area contributed by atoms with Crippen molar-refractivity contribution in [2.75, 3.05) is 7.11 Å². The zero-order valence-electron chi connectivity index (χ0n) is 12.6. The lowest BCUT2D eigenvalue weighted by Gasteiger charge is -2.09. The quantitative estimate of drug-likeness (QED) is 0.786. The first-order valence-corrected chi connectivity index (χ1v) is 7.15. The Hall–Kier alpha value is -2.73. The number of methoxy groups -OCH3 is 1. The van der Waals surface area contributed by atoms with Gasteiger partial charge in [-0.15, -0.1) is 5.10 Å². The van der Waals surface area contributed by atoms with Crippen molar-refractivity contribution in [3.63, 3.8) is 0 Å². The minimum Gasteiger partial charge on any atom is -0.497 e. The molecule has 0 atom stereocenters. The molecule has 1 heterocycles. The number of para-hydroxylation sites is 1. The number of halogens is 1. The van der Waals surface area contributed by atoms with Crippen LogP contribution in [-0.2, 0) is 13.0 Å². The number of aliphatic hydroxyl groups excluding tert-OH is 1. The van der Waals surface area contributed by atoms with Crippen molar-refractivity contribution in [3.05, 3.63) is 71.3 Å². The van der Waals surface area contributed by atoms with Crippen LogP contribution in [0.15, 0.2) is 48.5 Å². The Balaban J connectivity index is 2.00. The molecule has 3 aromatic rings. The summed E-state index contributed by atoms with van der Waals surface area (Å²) in [6.45, 7) is -0.250. The van der Waals surface area contributed by atoms with Gasteiger partial charge in [0.05, 0.1) is 19.4 Å². The van der Waals surface area contributed by atoms with Crippen LogP contribution in [0.2, 0.25) is 0 Å². The normalized spacial score (nSPS) is 10.7. The molecule has 2 aromatic carbocycles. The second-order valence-corrected chi connectivity index (χ2v) is 5.03. The van der Waals surface area contributed by atoms with Gasteiger partial charge in [0, 0.05) is 6.42 Å². The Morgan fingerprint density at radius 2 is 1.87 bits per heavy atom. The summed E-state index contributed by atoms with van der Waals surface area (Å²) in [6.07, 6.45) is 0.473. The van der Waals surface area contributed by atoms with Crippen LogP contribution < -0.4 is 4.74 Å². The molecule has 0 aliphatic carbocycles. The number of ether oxygens (including phenoxy) is 1. The fourth-order valence-electron chi connectivity index (χ4n) is 2.39. The third-order valence-electron chi connectivity index (χ3n) is 3.60. The van der Waals surface area contributed by atoms with Gasteiger partial charge in [-0.05, 0) is 29.8 Å². The molecule has 23 heavy (non-hydrogen) atoms. The van der Waals surface area contributed by atoms with Crippen molar-refractivity contribution in [2.24, 2.45) is 0 Å². The van der Waals surface area contributed by atoms with Gasteiger partial charge >= 0.3 is 0 Å². The molecule has 0 saturated carbocycles. The van der Waals surface area contributed by atoms with Gasteiger partial charge in [-0.3, -0.25) is 0 Å². The summed E-state index contributed by atoms with van der Waals surface area (Å²) in [6, 6.07) is 13.9. The van der Waals surface area contributed by atoms with E-state index in [9.17, 15) is 9.50 Å². The summed E-state index contributed by atoms with van der Waals surface area (Å²) in [7, 11) is 1.61. The van der Waals surface area contributed by atoms with Crippen molar-refractivity contribution >= 4 is 0 Å². The Bertz CT molecular complexity index is 800. The smallest absolute Gasteiger partial charge is 0.148 e. The molecule has 0 amide bonds. The van der Waals surface area contributed by atoms with Gasteiger partial charge in [-0.25, -0.2) is 9.07 Å². The lowest BCUT2D eigenvalue weighted by molar-refractivity contribution is 0.275. The highest BCUT2D eigenvalue weighted by molar-refractivity contribution is 5.37. The summed E-state index contributed by atoms with van der Waals surface area (Å²) < 4.78 is 20.6. The minimum atomic E-state index is -0.391. The monoisotopic (exact) mass is 313 g/mol. The molecular formula is C17H16FN3O2. The molecule has 118 valence electrons. The van der Waals surface area contributed by atoms with Crippen molar-refractivity contribution in [3.8, 4) is 11.4 Å². The van der Waals surface area contributed by atoms with E-state index in [4.69, 9.17) is 4.74 Å². The van der Waals surface area contributed by atoms with Crippen LogP contribution in [-0.4, -0.2) is 27.2 Å². The van der Waals surface area contributed by atoms with Crippen molar-refractivity contribution in [2.45, 2.75) is 13.0 Å².